The second-order valence-electron chi connectivity index (χ2n) is 6.35. The van der Waals surface area contributed by atoms with Gasteiger partial charge in [-0.2, -0.15) is 5.10 Å². The summed E-state index contributed by atoms with van der Waals surface area (Å²) >= 11 is 1.36. The van der Waals surface area contributed by atoms with Crippen LogP contribution in [-0.2, 0) is 10.0 Å². The molecule has 0 aliphatic carbocycles. The number of benzene rings is 2. The van der Waals surface area contributed by atoms with E-state index >= 15 is 0 Å². The molecule has 0 saturated carbocycles. The molecule has 148 valence electrons. The Morgan fingerprint density at radius 2 is 1.76 bits per heavy atom. The van der Waals surface area contributed by atoms with Crippen LogP contribution in [-0.4, -0.2) is 31.2 Å². The van der Waals surface area contributed by atoms with Gasteiger partial charge in [-0.25, -0.2) is 17.8 Å². The van der Waals surface area contributed by atoms with Crippen molar-refractivity contribution in [3.63, 3.8) is 0 Å². The molecule has 2 heterocycles. The van der Waals surface area contributed by atoms with Crippen LogP contribution in [0.15, 0.2) is 65.6 Å². The number of hydrogen-bond donors (Lipinski definition) is 2. The van der Waals surface area contributed by atoms with Crippen LogP contribution in [0.5, 0.6) is 0 Å². The molecule has 1 amide bonds. The molecule has 0 atom stereocenters. The highest BCUT2D eigenvalue weighted by atomic mass is 32.2. The van der Waals surface area contributed by atoms with Crippen LogP contribution in [0.2, 0.25) is 0 Å². The van der Waals surface area contributed by atoms with E-state index in [0.717, 1.165) is 21.6 Å². The Morgan fingerprint density at radius 3 is 2.41 bits per heavy atom. The van der Waals surface area contributed by atoms with Crippen LogP contribution in [0.25, 0.3) is 15.9 Å². The molecule has 0 bridgehead atoms. The quantitative estimate of drug-likeness (QED) is 0.510. The van der Waals surface area contributed by atoms with Gasteiger partial charge in [-0.1, -0.05) is 18.2 Å². The molecular formula is C20H18N4O3S2. The lowest BCUT2D eigenvalue weighted by Crippen LogP contribution is -2.18. The number of rotatable bonds is 5. The molecule has 0 aliphatic rings. The monoisotopic (exact) mass is 426 g/mol. The molecule has 0 aliphatic heterocycles. The Balaban J connectivity index is 1.61. The molecule has 2 N–H and O–H groups in total. The van der Waals surface area contributed by atoms with Gasteiger partial charge in [0.1, 0.15) is 4.83 Å². The van der Waals surface area contributed by atoms with Crippen molar-refractivity contribution in [2.45, 2.75) is 11.8 Å². The van der Waals surface area contributed by atoms with Gasteiger partial charge < -0.3 is 5.32 Å². The zero-order valence-electron chi connectivity index (χ0n) is 15.7. The predicted octanol–water partition coefficient (Wildman–Crippen LogP) is 3.56. The third-order valence-electron chi connectivity index (χ3n) is 4.46. The Bertz CT molecular complexity index is 1290. The van der Waals surface area contributed by atoms with Crippen LogP contribution >= 0.6 is 11.3 Å². The lowest BCUT2D eigenvalue weighted by molar-refractivity contribution is 0.103. The van der Waals surface area contributed by atoms with Crippen molar-refractivity contribution in [1.82, 2.24) is 14.5 Å². The molecule has 4 aromatic rings. The highest BCUT2D eigenvalue weighted by molar-refractivity contribution is 7.89. The number of nitrogens with zero attached hydrogens (tertiary/aromatic N) is 2. The van der Waals surface area contributed by atoms with E-state index in [-0.39, 0.29) is 10.8 Å². The number of carbonyl (C=O) groups is 1. The number of nitrogens with one attached hydrogen (secondary N) is 2. The average Bonchev–Trinajstić information content (AvgIpc) is 3.30. The summed E-state index contributed by atoms with van der Waals surface area (Å²) in [6.45, 7) is 1.91. The van der Waals surface area contributed by atoms with Crippen LogP contribution in [0.3, 0.4) is 0 Å². The fraction of sp³-hybridized carbons (Fsp3) is 0.100. The number of anilines is 1. The molecule has 0 spiro atoms. The number of para-hydroxylation sites is 1. The third-order valence-corrected chi connectivity index (χ3v) is 7.00. The second kappa shape index (κ2) is 7.43. The van der Waals surface area contributed by atoms with E-state index in [1.165, 1.54) is 30.5 Å². The first-order valence-electron chi connectivity index (χ1n) is 8.78. The Morgan fingerprint density at radius 1 is 1.07 bits per heavy atom. The molecule has 0 saturated heterocycles. The first kappa shape index (κ1) is 19.3. The van der Waals surface area contributed by atoms with Crippen molar-refractivity contribution in [2.24, 2.45) is 0 Å². The number of aromatic nitrogens is 2. The van der Waals surface area contributed by atoms with Gasteiger partial charge in [0.2, 0.25) is 10.0 Å². The third kappa shape index (κ3) is 3.67. The molecule has 0 radical (unpaired) electrons. The van der Waals surface area contributed by atoms with Crippen LogP contribution in [0, 0.1) is 6.92 Å². The summed E-state index contributed by atoms with van der Waals surface area (Å²) in [5.74, 6) is -0.255. The van der Waals surface area contributed by atoms with E-state index in [1.807, 2.05) is 48.0 Å². The Hall–Kier alpha value is -3.01. The van der Waals surface area contributed by atoms with Crippen molar-refractivity contribution in [3.8, 4) is 5.69 Å². The van der Waals surface area contributed by atoms with Crippen molar-refractivity contribution in [1.29, 1.82) is 0 Å². The fourth-order valence-corrected chi connectivity index (χ4v) is 4.74. The Labute approximate surface area is 172 Å². The van der Waals surface area contributed by atoms with Crippen molar-refractivity contribution < 1.29 is 13.2 Å². The largest absolute Gasteiger partial charge is 0.321 e. The summed E-state index contributed by atoms with van der Waals surface area (Å²) in [5.41, 5.74) is 2.30. The number of hydrogen-bond acceptors (Lipinski definition) is 5. The summed E-state index contributed by atoms with van der Waals surface area (Å²) < 4.78 is 27.7. The zero-order chi connectivity index (χ0) is 20.6. The number of fused-ring (bicyclic) bond motifs is 1. The molecule has 2 aromatic heterocycles. The summed E-state index contributed by atoms with van der Waals surface area (Å²) in [7, 11) is -2.16. The maximum atomic E-state index is 12.7. The zero-order valence-corrected chi connectivity index (χ0v) is 17.3. The highest BCUT2D eigenvalue weighted by Crippen LogP contribution is 2.31. The minimum Gasteiger partial charge on any atom is -0.321 e. The molecule has 9 heteroatoms. The topological polar surface area (TPSA) is 93.1 Å². The van der Waals surface area contributed by atoms with E-state index in [1.54, 1.807) is 12.1 Å². The fourth-order valence-electron chi connectivity index (χ4n) is 2.93. The Kier molecular flexibility index (Phi) is 4.95. The number of amides is 1. The van der Waals surface area contributed by atoms with E-state index in [0.29, 0.717) is 10.6 Å². The molecule has 4 rings (SSSR count). The van der Waals surface area contributed by atoms with Crippen molar-refractivity contribution in [2.75, 3.05) is 12.4 Å². The second-order valence-corrected chi connectivity index (χ2v) is 9.27. The van der Waals surface area contributed by atoms with E-state index in [4.69, 9.17) is 0 Å². The number of aryl methyl sites for hydroxylation is 1. The van der Waals surface area contributed by atoms with Gasteiger partial charge in [0.25, 0.3) is 5.91 Å². The van der Waals surface area contributed by atoms with Gasteiger partial charge in [0.05, 0.1) is 21.2 Å². The lowest BCUT2D eigenvalue weighted by atomic mass is 10.3. The average molecular weight is 427 g/mol. The molecule has 7 nitrogen and oxygen atoms in total. The summed E-state index contributed by atoms with van der Waals surface area (Å²) in [5, 5.41) is 8.32. The molecule has 2 aromatic carbocycles. The van der Waals surface area contributed by atoms with Gasteiger partial charge in [0.15, 0.2) is 0 Å². The molecule has 0 unspecified atom stereocenters. The summed E-state index contributed by atoms with van der Waals surface area (Å²) in [4.78, 5) is 14.3. The minimum atomic E-state index is -3.51. The SMILES string of the molecule is CNS(=O)(=O)c1ccc(NC(=O)c2cc3c(C)nn(-c4ccccc4)c3s2)cc1. The van der Waals surface area contributed by atoms with E-state index in [2.05, 4.69) is 15.1 Å². The maximum Gasteiger partial charge on any atom is 0.265 e. The predicted molar refractivity (Wildman–Crippen MR) is 114 cm³/mol. The highest BCUT2D eigenvalue weighted by Gasteiger charge is 2.18. The summed E-state index contributed by atoms with van der Waals surface area (Å²) in [6, 6.07) is 17.6. The van der Waals surface area contributed by atoms with Crippen LogP contribution in [0.1, 0.15) is 15.4 Å². The minimum absolute atomic E-state index is 0.137. The number of sulfonamides is 1. The first-order chi connectivity index (χ1) is 13.9. The molecular weight excluding hydrogens is 408 g/mol. The van der Waals surface area contributed by atoms with Gasteiger partial charge in [0, 0.05) is 11.1 Å². The lowest BCUT2D eigenvalue weighted by Gasteiger charge is -2.06. The van der Waals surface area contributed by atoms with Crippen molar-refractivity contribution >= 4 is 43.2 Å². The van der Waals surface area contributed by atoms with E-state index in [9.17, 15) is 13.2 Å². The number of carbonyl (C=O) groups excluding carboxylic acids is 1. The van der Waals surface area contributed by atoms with Gasteiger partial charge in [-0.3, -0.25) is 4.79 Å². The molecule has 0 fully saturated rings. The standard InChI is InChI=1S/C20H18N4O3S2/c1-13-17-12-18(28-20(17)24(23-13)15-6-4-3-5-7-15)19(25)22-14-8-10-16(11-9-14)29(26,27)21-2/h3-12,21H,1-2H3,(H,22,25). The maximum absolute atomic E-state index is 12.7. The number of thiophene rings is 1. The van der Waals surface area contributed by atoms with Gasteiger partial charge in [-0.05, 0) is 56.4 Å². The molecule has 29 heavy (non-hydrogen) atoms. The van der Waals surface area contributed by atoms with Crippen LogP contribution < -0.4 is 10.0 Å². The first-order valence-corrected chi connectivity index (χ1v) is 11.1. The normalized spacial score (nSPS) is 11.7. The van der Waals surface area contributed by atoms with Gasteiger partial charge in [-0.15, -0.1) is 11.3 Å². The van der Waals surface area contributed by atoms with Crippen LogP contribution in [0.4, 0.5) is 5.69 Å². The van der Waals surface area contributed by atoms with Crippen molar-refractivity contribution in [3.05, 3.63) is 71.2 Å². The summed E-state index contributed by atoms with van der Waals surface area (Å²) in [6.07, 6.45) is 0. The van der Waals surface area contributed by atoms with Gasteiger partial charge >= 0.3 is 0 Å². The smallest absolute Gasteiger partial charge is 0.265 e. The van der Waals surface area contributed by atoms with E-state index < -0.39 is 10.0 Å².